The molecule has 1 unspecified atom stereocenters. The number of hydrogen-bond acceptors (Lipinski definition) is 4. The molecular weight excluding hydrogens is 248 g/mol. The first-order valence-corrected chi connectivity index (χ1v) is 8.09. The van der Waals surface area contributed by atoms with Crippen LogP contribution in [0.15, 0.2) is 29.2 Å². The van der Waals surface area contributed by atoms with Crippen LogP contribution in [0.2, 0.25) is 0 Å². The molecule has 0 aliphatic carbocycles. The number of likely N-dealkylation sites (N-methyl/N-ethyl adjacent to an activating group) is 1. The maximum atomic E-state index is 11.4. The molecule has 1 fully saturated rings. The van der Waals surface area contributed by atoms with Gasteiger partial charge in [-0.05, 0) is 50.7 Å². The van der Waals surface area contributed by atoms with E-state index in [1.54, 1.807) is 12.1 Å². The summed E-state index contributed by atoms with van der Waals surface area (Å²) in [5.74, 6) is 0. The highest BCUT2D eigenvalue weighted by Crippen LogP contribution is 2.17. The summed E-state index contributed by atoms with van der Waals surface area (Å²) < 4.78 is 22.7. The van der Waals surface area contributed by atoms with Gasteiger partial charge in [0.15, 0.2) is 9.84 Å². The van der Waals surface area contributed by atoms with Gasteiger partial charge in [0.25, 0.3) is 0 Å². The largest absolute Gasteiger partial charge is 0.381 e. The van der Waals surface area contributed by atoms with Gasteiger partial charge in [-0.1, -0.05) is 0 Å². The van der Waals surface area contributed by atoms with E-state index < -0.39 is 9.84 Å². The number of sulfone groups is 1. The lowest BCUT2D eigenvalue weighted by Crippen LogP contribution is -2.39. The number of benzene rings is 1. The van der Waals surface area contributed by atoms with Gasteiger partial charge in [-0.3, -0.25) is 0 Å². The van der Waals surface area contributed by atoms with Gasteiger partial charge in [0.2, 0.25) is 0 Å². The molecule has 5 heteroatoms. The van der Waals surface area contributed by atoms with E-state index in [-0.39, 0.29) is 0 Å². The Morgan fingerprint density at radius 2 is 1.94 bits per heavy atom. The number of hydrogen-bond donors (Lipinski definition) is 1. The molecule has 0 aromatic heterocycles. The lowest BCUT2D eigenvalue weighted by atomic mass is 10.1. The van der Waals surface area contributed by atoms with Crippen molar-refractivity contribution in [1.82, 2.24) is 4.90 Å². The van der Waals surface area contributed by atoms with E-state index in [2.05, 4.69) is 17.3 Å². The molecular formula is C13H20N2O2S. The van der Waals surface area contributed by atoms with Crippen molar-refractivity contribution in [3.8, 4) is 0 Å². The first kappa shape index (κ1) is 13.4. The summed E-state index contributed by atoms with van der Waals surface area (Å²) in [5, 5.41) is 3.45. The Hall–Kier alpha value is -1.07. The molecule has 0 radical (unpaired) electrons. The lowest BCUT2D eigenvalue weighted by Gasteiger charge is -2.30. The predicted molar refractivity (Wildman–Crippen MR) is 73.7 cm³/mol. The molecule has 1 aliphatic rings. The van der Waals surface area contributed by atoms with Gasteiger partial charge >= 0.3 is 0 Å². The zero-order valence-electron chi connectivity index (χ0n) is 10.9. The number of rotatable bonds is 3. The fraction of sp³-hybridized carbons (Fsp3) is 0.538. The Morgan fingerprint density at radius 1 is 1.28 bits per heavy atom. The van der Waals surface area contributed by atoms with Crippen molar-refractivity contribution < 1.29 is 8.42 Å². The minimum Gasteiger partial charge on any atom is -0.381 e. The SMILES string of the molecule is CN1CCCC(Nc2ccc(S(C)(=O)=O)cc2)C1. The van der Waals surface area contributed by atoms with Crippen LogP contribution < -0.4 is 5.32 Å². The van der Waals surface area contributed by atoms with E-state index in [1.807, 2.05) is 12.1 Å². The molecule has 1 atom stereocenters. The third kappa shape index (κ3) is 3.46. The second-order valence-corrected chi connectivity index (χ2v) is 7.06. The first-order chi connectivity index (χ1) is 8.45. The summed E-state index contributed by atoms with van der Waals surface area (Å²) in [6, 6.07) is 7.44. The normalized spacial score (nSPS) is 21.8. The minimum atomic E-state index is -3.10. The van der Waals surface area contributed by atoms with E-state index in [4.69, 9.17) is 0 Å². The van der Waals surface area contributed by atoms with Crippen molar-refractivity contribution in [3.63, 3.8) is 0 Å². The molecule has 4 nitrogen and oxygen atoms in total. The number of nitrogens with one attached hydrogen (secondary N) is 1. The minimum absolute atomic E-state index is 0.369. The first-order valence-electron chi connectivity index (χ1n) is 6.20. The maximum Gasteiger partial charge on any atom is 0.175 e. The van der Waals surface area contributed by atoms with Crippen molar-refractivity contribution in [2.24, 2.45) is 0 Å². The van der Waals surface area contributed by atoms with Crippen LogP contribution in [0.4, 0.5) is 5.69 Å². The summed E-state index contributed by atoms with van der Waals surface area (Å²) in [6.45, 7) is 2.19. The van der Waals surface area contributed by atoms with Gasteiger partial charge in [0.1, 0.15) is 0 Å². The van der Waals surface area contributed by atoms with Gasteiger partial charge < -0.3 is 10.2 Å². The van der Waals surface area contributed by atoms with Gasteiger partial charge in [-0.15, -0.1) is 0 Å². The Kier molecular flexibility index (Phi) is 3.92. The summed E-state index contributed by atoms with van der Waals surface area (Å²) in [4.78, 5) is 2.68. The Labute approximate surface area is 109 Å². The van der Waals surface area contributed by atoms with Gasteiger partial charge in [-0.2, -0.15) is 0 Å². The van der Waals surface area contributed by atoms with Gasteiger partial charge in [0, 0.05) is 24.5 Å². The number of nitrogens with zero attached hydrogens (tertiary/aromatic N) is 1. The molecule has 0 amide bonds. The standard InChI is InChI=1S/C13H20N2O2S/c1-15-9-3-4-12(10-15)14-11-5-7-13(8-6-11)18(2,16)17/h5-8,12,14H,3-4,9-10H2,1-2H3. The van der Waals surface area contributed by atoms with Crippen molar-refractivity contribution in [3.05, 3.63) is 24.3 Å². The van der Waals surface area contributed by atoms with Crippen molar-refractivity contribution in [2.45, 2.75) is 23.8 Å². The molecule has 1 heterocycles. The number of anilines is 1. The summed E-state index contributed by atoms with van der Waals surface area (Å²) in [5.41, 5.74) is 0.989. The fourth-order valence-corrected chi connectivity index (χ4v) is 2.95. The zero-order valence-corrected chi connectivity index (χ0v) is 11.7. The van der Waals surface area contributed by atoms with E-state index in [1.165, 1.54) is 12.7 Å². The van der Waals surface area contributed by atoms with E-state index >= 15 is 0 Å². The van der Waals surface area contributed by atoms with E-state index in [9.17, 15) is 8.42 Å². The van der Waals surface area contributed by atoms with Crippen LogP contribution in [0.1, 0.15) is 12.8 Å². The monoisotopic (exact) mass is 268 g/mol. The molecule has 100 valence electrons. The van der Waals surface area contributed by atoms with E-state index in [0.29, 0.717) is 10.9 Å². The van der Waals surface area contributed by atoms with Crippen LogP contribution in [0.3, 0.4) is 0 Å². The van der Waals surface area contributed by atoms with E-state index in [0.717, 1.165) is 25.2 Å². The second-order valence-electron chi connectivity index (χ2n) is 5.04. The van der Waals surface area contributed by atoms with Crippen LogP contribution in [0.5, 0.6) is 0 Å². The van der Waals surface area contributed by atoms with Gasteiger partial charge in [0.05, 0.1) is 4.90 Å². The summed E-state index contributed by atoms with van der Waals surface area (Å²) in [6.07, 6.45) is 3.60. The van der Waals surface area contributed by atoms with Crippen LogP contribution in [0, 0.1) is 0 Å². The van der Waals surface area contributed by atoms with Gasteiger partial charge in [-0.25, -0.2) is 8.42 Å². The van der Waals surface area contributed by atoms with Crippen LogP contribution in [0.25, 0.3) is 0 Å². The van der Waals surface area contributed by atoms with Crippen LogP contribution in [-0.2, 0) is 9.84 Å². The highest BCUT2D eigenvalue weighted by molar-refractivity contribution is 7.90. The fourth-order valence-electron chi connectivity index (χ4n) is 2.32. The second kappa shape index (κ2) is 5.28. The Bertz CT molecular complexity index is 496. The van der Waals surface area contributed by atoms with Crippen LogP contribution >= 0.6 is 0 Å². The Morgan fingerprint density at radius 3 is 2.50 bits per heavy atom. The summed E-state index contributed by atoms with van der Waals surface area (Å²) in [7, 11) is -0.972. The molecule has 18 heavy (non-hydrogen) atoms. The van der Waals surface area contributed by atoms with Crippen molar-refractivity contribution >= 4 is 15.5 Å². The quantitative estimate of drug-likeness (QED) is 0.904. The molecule has 1 N–H and O–H groups in total. The topological polar surface area (TPSA) is 49.4 Å². The highest BCUT2D eigenvalue weighted by atomic mass is 32.2. The molecule has 2 rings (SSSR count). The van der Waals surface area contributed by atoms with Crippen LogP contribution in [-0.4, -0.2) is 45.8 Å². The summed E-state index contributed by atoms with van der Waals surface area (Å²) >= 11 is 0. The zero-order chi connectivity index (χ0) is 13.2. The molecule has 0 spiro atoms. The molecule has 1 saturated heterocycles. The highest BCUT2D eigenvalue weighted by Gasteiger charge is 2.16. The third-order valence-electron chi connectivity index (χ3n) is 3.28. The molecule has 1 aliphatic heterocycles. The smallest absolute Gasteiger partial charge is 0.175 e. The number of likely N-dealkylation sites (tertiary alicyclic amines) is 1. The molecule has 0 bridgehead atoms. The molecule has 0 saturated carbocycles. The van der Waals surface area contributed by atoms with Crippen molar-refractivity contribution in [1.29, 1.82) is 0 Å². The lowest BCUT2D eigenvalue weighted by molar-refractivity contribution is 0.261. The maximum absolute atomic E-state index is 11.4. The third-order valence-corrected chi connectivity index (χ3v) is 4.41. The molecule has 1 aromatic carbocycles. The number of piperidine rings is 1. The molecule has 1 aromatic rings. The average molecular weight is 268 g/mol. The Balaban J connectivity index is 2.02. The van der Waals surface area contributed by atoms with Crippen molar-refractivity contribution in [2.75, 3.05) is 31.7 Å². The average Bonchev–Trinajstić information content (AvgIpc) is 2.28. The predicted octanol–water partition coefficient (Wildman–Crippen LogP) is 1.60.